The molecule has 0 radical (unpaired) electrons. The summed E-state index contributed by atoms with van der Waals surface area (Å²) in [6, 6.07) is 44.5. The summed E-state index contributed by atoms with van der Waals surface area (Å²) >= 11 is 0. The molecule has 0 unspecified atom stereocenters. The van der Waals surface area contributed by atoms with Gasteiger partial charge in [0.1, 0.15) is 5.82 Å². The molecule has 7 rings (SSSR count). The molecule has 3 heteroatoms. The Bertz CT molecular complexity index is 1830. The second-order valence-electron chi connectivity index (χ2n) is 8.94. The van der Waals surface area contributed by atoms with Gasteiger partial charge < -0.3 is 4.57 Å². The first kappa shape index (κ1) is 20.5. The van der Waals surface area contributed by atoms with E-state index < -0.39 is 0 Å². The number of hydrogen-bond donors (Lipinski definition) is 0. The van der Waals surface area contributed by atoms with Gasteiger partial charge in [-0.25, -0.2) is 4.98 Å². The van der Waals surface area contributed by atoms with Crippen LogP contribution in [0.25, 0.3) is 62.2 Å². The summed E-state index contributed by atoms with van der Waals surface area (Å²) in [5.41, 5.74) is 7.81. The van der Waals surface area contributed by atoms with E-state index in [1.165, 1.54) is 21.8 Å². The summed E-state index contributed by atoms with van der Waals surface area (Å²) in [4.78, 5) is 5.03. The van der Waals surface area contributed by atoms with Crippen LogP contribution in [-0.4, -0.2) is 14.1 Å². The SMILES string of the molecule is C(=C\n1c2ccccc2c2ccccc21)/c1cccc(-c2nc3ccccc3n2-c2ccccc2)c1. The second kappa shape index (κ2) is 8.40. The van der Waals surface area contributed by atoms with Crippen LogP contribution < -0.4 is 0 Å². The Kier molecular flexibility index (Phi) is 4.78. The van der Waals surface area contributed by atoms with Crippen LogP contribution in [-0.2, 0) is 0 Å². The highest BCUT2D eigenvalue weighted by molar-refractivity contribution is 6.09. The van der Waals surface area contributed by atoms with Crippen molar-refractivity contribution < 1.29 is 0 Å². The lowest BCUT2D eigenvalue weighted by Gasteiger charge is -2.10. The van der Waals surface area contributed by atoms with Crippen molar-refractivity contribution >= 4 is 45.1 Å². The van der Waals surface area contributed by atoms with Crippen LogP contribution in [0.5, 0.6) is 0 Å². The molecule has 0 aliphatic heterocycles. The van der Waals surface area contributed by atoms with Crippen molar-refractivity contribution in [1.82, 2.24) is 14.1 Å². The van der Waals surface area contributed by atoms with Crippen LogP contribution >= 0.6 is 0 Å². The number of nitrogens with zero attached hydrogens (tertiary/aromatic N) is 3. The summed E-state index contributed by atoms with van der Waals surface area (Å²) in [7, 11) is 0. The van der Waals surface area contributed by atoms with Gasteiger partial charge in [-0.05, 0) is 54.1 Å². The molecule has 0 aliphatic carbocycles. The fourth-order valence-corrected chi connectivity index (χ4v) is 5.11. The third-order valence-electron chi connectivity index (χ3n) is 6.75. The van der Waals surface area contributed by atoms with Gasteiger partial charge in [-0.1, -0.05) is 84.9 Å². The van der Waals surface area contributed by atoms with E-state index in [-0.39, 0.29) is 0 Å². The molecule has 36 heavy (non-hydrogen) atoms. The van der Waals surface area contributed by atoms with Crippen molar-refractivity contribution in [3.05, 3.63) is 133 Å². The van der Waals surface area contributed by atoms with Crippen molar-refractivity contribution in [1.29, 1.82) is 0 Å². The molecule has 0 fully saturated rings. The molecule has 2 aromatic heterocycles. The maximum absolute atomic E-state index is 5.03. The maximum atomic E-state index is 5.03. The van der Waals surface area contributed by atoms with Gasteiger partial charge in [0.05, 0.1) is 22.1 Å². The maximum Gasteiger partial charge on any atom is 0.145 e. The number of rotatable bonds is 4. The number of fused-ring (bicyclic) bond motifs is 4. The molecule has 0 saturated carbocycles. The first-order valence-electron chi connectivity index (χ1n) is 12.2. The summed E-state index contributed by atoms with van der Waals surface area (Å²) < 4.78 is 4.52. The van der Waals surface area contributed by atoms with Gasteiger partial charge in [-0.15, -0.1) is 0 Å². The van der Waals surface area contributed by atoms with Gasteiger partial charge >= 0.3 is 0 Å². The number of aromatic nitrogens is 3. The van der Waals surface area contributed by atoms with E-state index in [0.717, 1.165) is 33.7 Å². The molecule has 0 saturated heterocycles. The van der Waals surface area contributed by atoms with Crippen LogP contribution in [0, 0.1) is 0 Å². The standard InChI is InChI=1S/C33H23N3/c1-2-13-26(14-3-1)36-32-20-9-6-17-29(32)34-33(36)25-12-10-11-24(23-25)21-22-35-30-18-7-4-15-27(30)28-16-5-8-19-31(28)35/h1-23H/b22-21+. The molecule has 0 spiro atoms. The smallest absolute Gasteiger partial charge is 0.145 e. The van der Waals surface area contributed by atoms with Crippen LogP contribution in [0.2, 0.25) is 0 Å². The molecule has 0 amide bonds. The van der Waals surface area contributed by atoms with Gasteiger partial charge in [-0.2, -0.15) is 0 Å². The molecule has 7 aromatic rings. The Labute approximate surface area is 209 Å². The lowest BCUT2D eigenvalue weighted by Crippen LogP contribution is -1.97. The van der Waals surface area contributed by atoms with E-state index in [4.69, 9.17) is 4.98 Å². The Balaban J connectivity index is 1.36. The second-order valence-corrected chi connectivity index (χ2v) is 8.94. The minimum Gasteiger partial charge on any atom is -0.316 e. The first-order chi connectivity index (χ1) is 17.9. The van der Waals surface area contributed by atoms with Crippen molar-refractivity contribution in [3.63, 3.8) is 0 Å². The minimum absolute atomic E-state index is 0.939. The highest BCUT2D eigenvalue weighted by atomic mass is 15.1. The zero-order valence-corrected chi connectivity index (χ0v) is 19.6. The number of para-hydroxylation sites is 5. The third kappa shape index (κ3) is 3.33. The lowest BCUT2D eigenvalue weighted by molar-refractivity contribution is 1.10. The quantitative estimate of drug-likeness (QED) is 0.258. The highest BCUT2D eigenvalue weighted by Crippen LogP contribution is 2.31. The molecule has 3 nitrogen and oxygen atoms in total. The van der Waals surface area contributed by atoms with Crippen LogP contribution in [0.15, 0.2) is 127 Å². The van der Waals surface area contributed by atoms with Crippen molar-refractivity contribution in [2.45, 2.75) is 0 Å². The monoisotopic (exact) mass is 461 g/mol. The van der Waals surface area contributed by atoms with E-state index >= 15 is 0 Å². The normalized spacial score (nSPS) is 11.8. The highest BCUT2D eigenvalue weighted by Gasteiger charge is 2.14. The van der Waals surface area contributed by atoms with Gasteiger partial charge in [0, 0.05) is 28.2 Å². The van der Waals surface area contributed by atoms with E-state index in [2.05, 4.69) is 137 Å². The molecule has 2 heterocycles. The van der Waals surface area contributed by atoms with Crippen molar-refractivity contribution in [2.75, 3.05) is 0 Å². The summed E-state index contributed by atoms with van der Waals surface area (Å²) in [6.07, 6.45) is 4.35. The van der Waals surface area contributed by atoms with Gasteiger partial charge in [0.15, 0.2) is 0 Å². The van der Waals surface area contributed by atoms with Crippen LogP contribution in [0.4, 0.5) is 0 Å². The zero-order valence-electron chi connectivity index (χ0n) is 19.6. The summed E-state index contributed by atoms with van der Waals surface area (Å²) in [5.74, 6) is 0.939. The van der Waals surface area contributed by atoms with Crippen LogP contribution in [0.1, 0.15) is 5.56 Å². The zero-order chi connectivity index (χ0) is 23.9. The fraction of sp³-hybridized carbons (Fsp3) is 0. The Morgan fingerprint density at radius 2 is 1.19 bits per heavy atom. The molecular formula is C33H23N3. The Hall–Kier alpha value is -4.89. The molecule has 0 atom stereocenters. The topological polar surface area (TPSA) is 22.8 Å². The Morgan fingerprint density at radius 1 is 0.556 bits per heavy atom. The first-order valence-corrected chi connectivity index (χ1v) is 12.2. The molecule has 5 aromatic carbocycles. The average molecular weight is 462 g/mol. The van der Waals surface area contributed by atoms with E-state index in [0.29, 0.717) is 0 Å². The molecule has 0 bridgehead atoms. The van der Waals surface area contributed by atoms with E-state index in [1.54, 1.807) is 0 Å². The van der Waals surface area contributed by atoms with E-state index in [9.17, 15) is 0 Å². The van der Waals surface area contributed by atoms with Gasteiger partial charge in [0.2, 0.25) is 0 Å². The summed E-state index contributed by atoms with van der Waals surface area (Å²) in [6.45, 7) is 0. The van der Waals surface area contributed by atoms with Gasteiger partial charge in [0.25, 0.3) is 0 Å². The molecule has 0 aliphatic rings. The van der Waals surface area contributed by atoms with Gasteiger partial charge in [-0.3, -0.25) is 4.57 Å². The number of hydrogen-bond acceptors (Lipinski definition) is 1. The molecule has 170 valence electrons. The number of imidazole rings is 1. The molecule has 0 N–H and O–H groups in total. The fourth-order valence-electron chi connectivity index (χ4n) is 5.11. The average Bonchev–Trinajstić information content (AvgIpc) is 3.49. The van der Waals surface area contributed by atoms with Crippen LogP contribution in [0.3, 0.4) is 0 Å². The predicted octanol–water partition coefficient (Wildman–Crippen LogP) is 8.43. The number of benzene rings is 5. The Morgan fingerprint density at radius 3 is 1.94 bits per heavy atom. The lowest BCUT2D eigenvalue weighted by atomic mass is 10.1. The van der Waals surface area contributed by atoms with Crippen molar-refractivity contribution in [3.8, 4) is 17.1 Å². The largest absolute Gasteiger partial charge is 0.316 e. The minimum atomic E-state index is 0.939. The predicted molar refractivity (Wildman–Crippen MR) is 151 cm³/mol. The molecular weight excluding hydrogens is 438 g/mol. The third-order valence-corrected chi connectivity index (χ3v) is 6.75. The van der Waals surface area contributed by atoms with Crippen molar-refractivity contribution in [2.24, 2.45) is 0 Å². The van der Waals surface area contributed by atoms with E-state index in [1.807, 2.05) is 12.1 Å². The summed E-state index contributed by atoms with van der Waals surface area (Å²) in [5, 5.41) is 2.53.